The second-order valence-electron chi connectivity index (χ2n) is 3.68. The fraction of sp³-hybridized carbons (Fsp3) is 0.333. The number of methoxy groups -OCH3 is 2. The summed E-state index contributed by atoms with van der Waals surface area (Å²) >= 11 is 0. The average molecular weight is 253 g/mol. The van der Waals surface area contributed by atoms with Crippen LogP contribution < -0.4 is 5.73 Å². The van der Waals surface area contributed by atoms with E-state index < -0.39 is 18.0 Å². The van der Waals surface area contributed by atoms with Crippen LogP contribution in [-0.2, 0) is 20.7 Å². The number of carbonyl (C=O) groups is 2. The molecule has 6 nitrogen and oxygen atoms in total. The van der Waals surface area contributed by atoms with Crippen molar-refractivity contribution in [2.45, 2.75) is 12.5 Å². The molecule has 1 aromatic carbocycles. The minimum atomic E-state index is -0.815. The van der Waals surface area contributed by atoms with Crippen LogP contribution in [0.4, 0.5) is 0 Å². The van der Waals surface area contributed by atoms with Crippen molar-refractivity contribution in [2.75, 3.05) is 14.2 Å². The first-order valence-corrected chi connectivity index (χ1v) is 5.23. The van der Waals surface area contributed by atoms with Crippen LogP contribution in [0.3, 0.4) is 0 Å². The molecule has 0 aliphatic rings. The van der Waals surface area contributed by atoms with E-state index in [9.17, 15) is 14.7 Å². The molecule has 1 rings (SSSR count). The molecule has 0 heterocycles. The highest BCUT2D eigenvalue weighted by molar-refractivity contribution is 5.92. The first-order chi connectivity index (χ1) is 8.49. The SMILES string of the molecule is COC(=O)c1cc(C[C@H](N)C(=O)OC)ccc1O. The standard InChI is InChI=1S/C12H15NO5/c1-17-11(15)8-5-7(3-4-10(8)14)6-9(13)12(16)18-2/h3-5,9,14H,6,13H2,1-2H3/t9-/m0/s1. The Bertz CT molecular complexity index is 458. The van der Waals surface area contributed by atoms with Gasteiger partial charge in [-0.15, -0.1) is 0 Å². The number of rotatable bonds is 4. The second kappa shape index (κ2) is 6.02. The molecule has 0 fully saturated rings. The smallest absolute Gasteiger partial charge is 0.341 e. The van der Waals surface area contributed by atoms with Crippen LogP contribution in [-0.4, -0.2) is 37.3 Å². The fourth-order valence-corrected chi connectivity index (χ4v) is 1.47. The normalized spacial score (nSPS) is 11.7. The van der Waals surface area contributed by atoms with Gasteiger partial charge in [0.2, 0.25) is 0 Å². The largest absolute Gasteiger partial charge is 0.507 e. The van der Waals surface area contributed by atoms with Crippen molar-refractivity contribution in [3.63, 3.8) is 0 Å². The molecule has 3 N–H and O–H groups in total. The van der Waals surface area contributed by atoms with Crippen LogP contribution in [0.1, 0.15) is 15.9 Å². The number of hydrogen-bond donors (Lipinski definition) is 2. The Kier molecular flexibility index (Phi) is 4.67. The Morgan fingerprint density at radius 1 is 1.33 bits per heavy atom. The highest BCUT2D eigenvalue weighted by atomic mass is 16.5. The Morgan fingerprint density at radius 3 is 2.56 bits per heavy atom. The lowest BCUT2D eigenvalue weighted by molar-refractivity contribution is -0.142. The van der Waals surface area contributed by atoms with E-state index in [1.165, 1.54) is 26.4 Å². The van der Waals surface area contributed by atoms with E-state index in [-0.39, 0.29) is 17.7 Å². The van der Waals surface area contributed by atoms with Gasteiger partial charge in [0, 0.05) is 0 Å². The topological polar surface area (TPSA) is 98.9 Å². The highest BCUT2D eigenvalue weighted by Crippen LogP contribution is 2.20. The fourth-order valence-electron chi connectivity index (χ4n) is 1.47. The van der Waals surface area contributed by atoms with E-state index in [1.807, 2.05) is 0 Å². The van der Waals surface area contributed by atoms with Crippen LogP contribution in [0.5, 0.6) is 5.75 Å². The molecule has 0 amide bonds. The van der Waals surface area contributed by atoms with Gasteiger partial charge in [-0.2, -0.15) is 0 Å². The number of carbonyl (C=O) groups excluding carboxylic acids is 2. The molecular formula is C12H15NO5. The van der Waals surface area contributed by atoms with E-state index in [4.69, 9.17) is 5.73 Å². The number of ether oxygens (including phenoxy) is 2. The summed E-state index contributed by atoms with van der Waals surface area (Å²) in [6.45, 7) is 0. The lowest BCUT2D eigenvalue weighted by atomic mass is 10.0. The summed E-state index contributed by atoms with van der Waals surface area (Å²) in [5, 5.41) is 9.50. The van der Waals surface area contributed by atoms with Crippen molar-refractivity contribution in [3.8, 4) is 5.75 Å². The van der Waals surface area contributed by atoms with E-state index in [0.29, 0.717) is 5.56 Å². The quantitative estimate of drug-likeness (QED) is 0.745. The number of benzene rings is 1. The summed E-state index contributed by atoms with van der Waals surface area (Å²) in [4.78, 5) is 22.5. The summed E-state index contributed by atoms with van der Waals surface area (Å²) in [5.74, 6) is -1.37. The molecule has 18 heavy (non-hydrogen) atoms. The van der Waals surface area contributed by atoms with E-state index >= 15 is 0 Å². The lowest BCUT2D eigenvalue weighted by Gasteiger charge is -2.10. The first kappa shape index (κ1) is 14.0. The minimum absolute atomic E-state index is 0.0343. The van der Waals surface area contributed by atoms with E-state index in [0.717, 1.165) is 0 Å². The number of hydrogen-bond acceptors (Lipinski definition) is 6. The molecule has 6 heteroatoms. The Balaban J connectivity index is 2.92. The van der Waals surface area contributed by atoms with Crippen LogP contribution in [0.15, 0.2) is 18.2 Å². The molecule has 0 saturated heterocycles. The third-order valence-corrected chi connectivity index (χ3v) is 2.43. The van der Waals surface area contributed by atoms with Crippen molar-refractivity contribution in [2.24, 2.45) is 5.73 Å². The maximum absolute atomic E-state index is 11.4. The first-order valence-electron chi connectivity index (χ1n) is 5.23. The van der Waals surface area contributed by atoms with Crippen LogP contribution in [0, 0.1) is 0 Å². The summed E-state index contributed by atoms with van der Waals surface area (Å²) in [7, 11) is 2.47. The minimum Gasteiger partial charge on any atom is -0.507 e. The Hall–Kier alpha value is -2.08. The lowest BCUT2D eigenvalue weighted by Crippen LogP contribution is -2.33. The molecule has 0 bridgehead atoms. The summed E-state index contributed by atoms with van der Waals surface area (Å²) in [6.07, 6.45) is 0.205. The third kappa shape index (κ3) is 3.21. The number of phenolic OH excluding ortho intramolecular Hbond substituents is 1. The molecule has 1 aromatic rings. The van der Waals surface area contributed by atoms with Gasteiger partial charge in [0.15, 0.2) is 0 Å². The van der Waals surface area contributed by atoms with Crippen molar-refractivity contribution < 1.29 is 24.2 Å². The monoisotopic (exact) mass is 253 g/mol. The van der Waals surface area contributed by atoms with E-state index in [2.05, 4.69) is 9.47 Å². The highest BCUT2D eigenvalue weighted by Gasteiger charge is 2.17. The van der Waals surface area contributed by atoms with Crippen molar-refractivity contribution in [3.05, 3.63) is 29.3 Å². The van der Waals surface area contributed by atoms with Gasteiger partial charge in [-0.05, 0) is 24.1 Å². The zero-order valence-corrected chi connectivity index (χ0v) is 10.2. The van der Waals surface area contributed by atoms with Gasteiger partial charge in [0.1, 0.15) is 17.4 Å². The molecule has 0 unspecified atom stereocenters. The van der Waals surface area contributed by atoms with Gasteiger partial charge in [0.05, 0.1) is 14.2 Å². The van der Waals surface area contributed by atoms with E-state index in [1.54, 1.807) is 6.07 Å². The molecule has 0 radical (unpaired) electrons. The molecule has 0 aliphatic heterocycles. The van der Waals surface area contributed by atoms with Crippen molar-refractivity contribution >= 4 is 11.9 Å². The summed E-state index contributed by atoms with van der Waals surface area (Å²) in [5.41, 5.74) is 6.27. The van der Waals surface area contributed by atoms with Gasteiger partial charge >= 0.3 is 11.9 Å². The van der Waals surface area contributed by atoms with Crippen LogP contribution >= 0.6 is 0 Å². The Labute approximate surface area is 104 Å². The second-order valence-corrected chi connectivity index (χ2v) is 3.68. The zero-order chi connectivity index (χ0) is 13.7. The van der Waals surface area contributed by atoms with Crippen LogP contribution in [0.2, 0.25) is 0 Å². The number of esters is 2. The maximum Gasteiger partial charge on any atom is 0.341 e. The van der Waals surface area contributed by atoms with Gasteiger partial charge in [-0.1, -0.05) is 6.07 Å². The van der Waals surface area contributed by atoms with Gasteiger partial charge in [-0.25, -0.2) is 4.79 Å². The number of aromatic hydroxyl groups is 1. The molecule has 0 spiro atoms. The van der Waals surface area contributed by atoms with Gasteiger partial charge in [-0.3, -0.25) is 4.79 Å². The van der Waals surface area contributed by atoms with Gasteiger partial charge in [0.25, 0.3) is 0 Å². The van der Waals surface area contributed by atoms with Crippen LogP contribution in [0.25, 0.3) is 0 Å². The predicted octanol–water partition coefficient (Wildman–Crippen LogP) is 0.222. The third-order valence-electron chi connectivity index (χ3n) is 2.43. The number of nitrogens with two attached hydrogens (primary N) is 1. The number of phenols is 1. The predicted molar refractivity (Wildman–Crippen MR) is 63.1 cm³/mol. The van der Waals surface area contributed by atoms with Gasteiger partial charge < -0.3 is 20.3 Å². The summed E-state index contributed by atoms with van der Waals surface area (Å²) < 4.78 is 9.03. The molecule has 0 aromatic heterocycles. The molecule has 0 aliphatic carbocycles. The summed E-state index contributed by atoms with van der Waals surface area (Å²) in [6, 6.07) is 3.55. The molecule has 0 saturated carbocycles. The van der Waals surface area contributed by atoms with Crippen molar-refractivity contribution in [1.29, 1.82) is 0 Å². The zero-order valence-electron chi connectivity index (χ0n) is 10.2. The molecular weight excluding hydrogens is 238 g/mol. The molecule has 1 atom stereocenters. The Morgan fingerprint density at radius 2 is 2.00 bits per heavy atom. The average Bonchev–Trinajstić information content (AvgIpc) is 2.38. The maximum atomic E-state index is 11.4. The van der Waals surface area contributed by atoms with Crippen molar-refractivity contribution in [1.82, 2.24) is 0 Å². The molecule has 98 valence electrons.